The van der Waals surface area contributed by atoms with Gasteiger partial charge in [-0.2, -0.15) is 13.2 Å². The van der Waals surface area contributed by atoms with E-state index in [0.717, 1.165) is 6.07 Å². The third-order valence-electron chi connectivity index (χ3n) is 3.01. The van der Waals surface area contributed by atoms with Gasteiger partial charge in [0.05, 0.1) is 25.4 Å². The highest BCUT2D eigenvalue weighted by molar-refractivity contribution is 5.79. The van der Waals surface area contributed by atoms with E-state index in [2.05, 4.69) is 0 Å². The van der Waals surface area contributed by atoms with Crippen molar-refractivity contribution in [2.75, 3.05) is 13.7 Å². The zero-order valence-electron chi connectivity index (χ0n) is 10.3. The Morgan fingerprint density at radius 1 is 1.37 bits per heavy atom. The molecule has 3 nitrogen and oxygen atoms in total. The first kappa shape index (κ1) is 13.9. The van der Waals surface area contributed by atoms with Crippen molar-refractivity contribution in [2.24, 2.45) is 0 Å². The van der Waals surface area contributed by atoms with Gasteiger partial charge in [0.15, 0.2) is 0 Å². The van der Waals surface area contributed by atoms with E-state index in [1.165, 1.54) is 19.2 Å². The summed E-state index contributed by atoms with van der Waals surface area (Å²) in [5.74, 6) is -0.237. The zero-order chi connectivity index (χ0) is 14.0. The van der Waals surface area contributed by atoms with Crippen LogP contribution in [0.25, 0.3) is 0 Å². The molecule has 104 valence electrons. The summed E-state index contributed by atoms with van der Waals surface area (Å²) in [4.78, 5) is 11.3. The van der Waals surface area contributed by atoms with Crippen LogP contribution < -0.4 is 4.74 Å². The molecule has 1 heterocycles. The number of benzene rings is 1. The number of carbonyl (C=O) groups excluding carboxylic acids is 1. The second-order valence-electron chi connectivity index (χ2n) is 4.31. The predicted octanol–water partition coefficient (Wildman–Crippen LogP) is 3.13. The lowest BCUT2D eigenvalue weighted by Crippen LogP contribution is -2.20. The van der Waals surface area contributed by atoms with E-state index in [0.29, 0.717) is 12.0 Å². The number of hydrogen-bond donors (Lipinski definition) is 0. The SMILES string of the molecule is COc1ccc(C2CC(=O)CCO2)cc1C(F)(F)F. The van der Waals surface area contributed by atoms with Crippen LogP contribution >= 0.6 is 0 Å². The predicted molar refractivity (Wildman–Crippen MR) is 60.9 cm³/mol. The molecule has 0 aliphatic carbocycles. The van der Waals surface area contributed by atoms with Crippen LogP contribution in [0.1, 0.15) is 30.1 Å². The third-order valence-corrected chi connectivity index (χ3v) is 3.01. The summed E-state index contributed by atoms with van der Waals surface area (Å²) in [7, 11) is 1.19. The van der Waals surface area contributed by atoms with Gasteiger partial charge in [-0.25, -0.2) is 0 Å². The molecule has 6 heteroatoms. The second kappa shape index (κ2) is 5.21. The van der Waals surface area contributed by atoms with Gasteiger partial charge in [-0.3, -0.25) is 4.79 Å². The first-order valence-electron chi connectivity index (χ1n) is 5.80. The fourth-order valence-electron chi connectivity index (χ4n) is 2.04. The van der Waals surface area contributed by atoms with Crippen molar-refractivity contribution in [3.63, 3.8) is 0 Å². The quantitative estimate of drug-likeness (QED) is 0.831. The number of rotatable bonds is 2. The molecule has 0 radical (unpaired) electrons. The Labute approximate surface area is 108 Å². The molecule has 0 aromatic heterocycles. The van der Waals surface area contributed by atoms with Crippen molar-refractivity contribution < 1.29 is 27.4 Å². The van der Waals surface area contributed by atoms with Crippen molar-refractivity contribution in [1.29, 1.82) is 0 Å². The molecule has 1 unspecified atom stereocenters. The van der Waals surface area contributed by atoms with Gasteiger partial charge in [-0.15, -0.1) is 0 Å². The highest BCUT2D eigenvalue weighted by Crippen LogP contribution is 2.39. The molecule has 2 rings (SSSR count). The average molecular weight is 274 g/mol. The molecule has 1 aliphatic rings. The van der Waals surface area contributed by atoms with Gasteiger partial charge < -0.3 is 9.47 Å². The number of hydrogen-bond acceptors (Lipinski definition) is 3. The molecule has 0 amide bonds. The van der Waals surface area contributed by atoms with Gasteiger partial charge in [0.25, 0.3) is 0 Å². The fraction of sp³-hybridized carbons (Fsp3) is 0.462. The topological polar surface area (TPSA) is 35.5 Å². The van der Waals surface area contributed by atoms with Crippen LogP contribution in [0, 0.1) is 0 Å². The number of ether oxygens (including phenoxy) is 2. The number of Topliss-reactive ketones (excluding diaryl/α,β-unsaturated/α-hetero) is 1. The molecular weight excluding hydrogens is 261 g/mol. The third kappa shape index (κ3) is 3.07. The molecule has 19 heavy (non-hydrogen) atoms. The highest BCUT2D eigenvalue weighted by atomic mass is 19.4. The summed E-state index contributed by atoms with van der Waals surface area (Å²) < 4.78 is 48.7. The van der Waals surface area contributed by atoms with Crippen molar-refractivity contribution >= 4 is 5.78 Å². The van der Waals surface area contributed by atoms with Crippen LogP contribution in [0.4, 0.5) is 13.2 Å². The highest BCUT2D eigenvalue weighted by Gasteiger charge is 2.35. The molecule has 0 bridgehead atoms. The lowest BCUT2D eigenvalue weighted by Gasteiger charge is -2.23. The molecule has 1 atom stereocenters. The molecule has 1 aliphatic heterocycles. The summed E-state index contributed by atoms with van der Waals surface area (Å²) in [6.07, 6.45) is -4.67. The smallest absolute Gasteiger partial charge is 0.419 e. The molecule has 1 aromatic carbocycles. The molecule has 1 aromatic rings. The minimum absolute atomic E-state index is 0.000580. The monoisotopic (exact) mass is 274 g/mol. The van der Waals surface area contributed by atoms with Gasteiger partial charge in [0.2, 0.25) is 0 Å². The Hall–Kier alpha value is -1.56. The Bertz CT molecular complexity index is 483. The summed E-state index contributed by atoms with van der Waals surface area (Å²) in [5, 5.41) is 0. The molecule has 0 saturated carbocycles. The van der Waals surface area contributed by atoms with E-state index < -0.39 is 17.8 Å². The summed E-state index contributed by atoms with van der Waals surface area (Å²) in [6.45, 7) is 0.247. The van der Waals surface area contributed by atoms with Crippen molar-refractivity contribution in [2.45, 2.75) is 25.1 Å². The lowest BCUT2D eigenvalue weighted by atomic mass is 9.98. The van der Waals surface area contributed by atoms with E-state index in [-0.39, 0.29) is 24.6 Å². The fourth-order valence-corrected chi connectivity index (χ4v) is 2.04. The van der Waals surface area contributed by atoms with E-state index in [9.17, 15) is 18.0 Å². The van der Waals surface area contributed by atoms with Gasteiger partial charge >= 0.3 is 6.18 Å². The van der Waals surface area contributed by atoms with Crippen LogP contribution in [0.3, 0.4) is 0 Å². The second-order valence-corrected chi connectivity index (χ2v) is 4.31. The number of alkyl halides is 3. The molecule has 0 N–H and O–H groups in total. The van der Waals surface area contributed by atoms with Crippen LogP contribution in [0.5, 0.6) is 5.75 Å². The van der Waals surface area contributed by atoms with Crippen molar-refractivity contribution in [3.8, 4) is 5.75 Å². The minimum atomic E-state index is -4.50. The first-order valence-corrected chi connectivity index (χ1v) is 5.80. The van der Waals surface area contributed by atoms with Gasteiger partial charge in [-0.05, 0) is 17.7 Å². The maximum Gasteiger partial charge on any atom is 0.419 e. The first-order chi connectivity index (χ1) is 8.91. The largest absolute Gasteiger partial charge is 0.496 e. The van der Waals surface area contributed by atoms with Crippen molar-refractivity contribution in [1.82, 2.24) is 0 Å². The average Bonchev–Trinajstić information content (AvgIpc) is 2.37. The number of halogens is 3. The molecule has 1 fully saturated rings. The zero-order valence-corrected chi connectivity index (χ0v) is 10.3. The minimum Gasteiger partial charge on any atom is -0.496 e. The van der Waals surface area contributed by atoms with Crippen LogP contribution in [-0.4, -0.2) is 19.5 Å². The number of methoxy groups -OCH3 is 1. The summed E-state index contributed by atoms with van der Waals surface area (Å²) >= 11 is 0. The normalized spacial score (nSPS) is 20.4. The van der Waals surface area contributed by atoms with Crippen molar-refractivity contribution in [3.05, 3.63) is 29.3 Å². The van der Waals surface area contributed by atoms with Gasteiger partial charge in [0, 0.05) is 12.8 Å². The lowest BCUT2D eigenvalue weighted by molar-refractivity contribution is -0.138. The van der Waals surface area contributed by atoms with E-state index in [1.807, 2.05) is 0 Å². The maximum absolute atomic E-state index is 12.9. The van der Waals surface area contributed by atoms with Crippen LogP contribution in [-0.2, 0) is 15.7 Å². The van der Waals surface area contributed by atoms with E-state index in [1.54, 1.807) is 0 Å². The van der Waals surface area contributed by atoms with Crippen LogP contribution in [0.2, 0.25) is 0 Å². The standard InChI is InChI=1S/C13H13F3O3/c1-18-11-3-2-8(6-10(11)13(14,15)16)12-7-9(17)4-5-19-12/h2-3,6,12H,4-5,7H2,1H3. The molecule has 0 spiro atoms. The Balaban J connectivity index is 2.35. The van der Waals surface area contributed by atoms with Crippen LogP contribution in [0.15, 0.2) is 18.2 Å². The maximum atomic E-state index is 12.9. The Morgan fingerprint density at radius 3 is 2.68 bits per heavy atom. The Morgan fingerprint density at radius 2 is 2.11 bits per heavy atom. The number of carbonyl (C=O) groups is 1. The van der Waals surface area contributed by atoms with Gasteiger partial charge in [-0.1, -0.05) is 6.07 Å². The van der Waals surface area contributed by atoms with E-state index >= 15 is 0 Å². The van der Waals surface area contributed by atoms with Gasteiger partial charge in [0.1, 0.15) is 11.5 Å². The summed E-state index contributed by atoms with van der Waals surface area (Å²) in [6, 6.07) is 3.74. The Kier molecular flexibility index (Phi) is 3.80. The summed E-state index contributed by atoms with van der Waals surface area (Å²) in [5.41, 5.74) is -0.504. The number of ketones is 1. The molecule has 1 saturated heterocycles. The molecular formula is C13H13F3O3. The van der Waals surface area contributed by atoms with E-state index in [4.69, 9.17) is 9.47 Å².